The van der Waals surface area contributed by atoms with Crippen LogP contribution in [0.3, 0.4) is 0 Å². The van der Waals surface area contributed by atoms with Gasteiger partial charge >= 0.3 is 0 Å². The van der Waals surface area contributed by atoms with Gasteiger partial charge in [-0.05, 0) is 17.6 Å². The standard InChI is InChI=1S/C4H3FNS/c5-3-4-1-2-7-6-4/h1H,3H2. The lowest BCUT2D eigenvalue weighted by molar-refractivity contribution is 0.479. The minimum Gasteiger partial charge on any atom is -0.244 e. The molecular formula is C4H3FNS. The molecule has 0 bridgehead atoms. The zero-order valence-electron chi connectivity index (χ0n) is 3.52. The summed E-state index contributed by atoms with van der Waals surface area (Å²) in [6.07, 6.45) is 0. The Balaban J connectivity index is 2.76. The highest BCUT2D eigenvalue weighted by Gasteiger charge is 1.88. The highest BCUT2D eigenvalue weighted by molar-refractivity contribution is 7.03. The summed E-state index contributed by atoms with van der Waals surface area (Å²) in [6, 6.07) is 1.55. The van der Waals surface area contributed by atoms with Crippen LogP contribution in [0.2, 0.25) is 0 Å². The van der Waals surface area contributed by atoms with E-state index in [2.05, 4.69) is 9.75 Å². The zero-order valence-corrected chi connectivity index (χ0v) is 4.33. The summed E-state index contributed by atoms with van der Waals surface area (Å²) in [4.78, 5) is 0. The van der Waals surface area contributed by atoms with Gasteiger partial charge in [0.2, 0.25) is 0 Å². The van der Waals surface area contributed by atoms with Crippen LogP contribution < -0.4 is 0 Å². The van der Waals surface area contributed by atoms with Gasteiger partial charge in [0.05, 0.1) is 11.1 Å². The molecule has 1 rings (SSSR count). The van der Waals surface area contributed by atoms with Gasteiger partial charge < -0.3 is 0 Å². The van der Waals surface area contributed by atoms with Crippen molar-refractivity contribution in [2.24, 2.45) is 0 Å². The molecule has 1 aromatic heterocycles. The Bertz CT molecular complexity index is 126. The van der Waals surface area contributed by atoms with E-state index in [1.54, 1.807) is 6.07 Å². The lowest BCUT2D eigenvalue weighted by atomic mass is 10.5. The lowest BCUT2D eigenvalue weighted by Crippen LogP contribution is -1.70. The molecule has 0 aliphatic rings. The summed E-state index contributed by atoms with van der Waals surface area (Å²) in [6.45, 7) is -0.472. The number of rotatable bonds is 1. The van der Waals surface area contributed by atoms with Crippen LogP contribution in [0.5, 0.6) is 0 Å². The summed E-state index contributed by atoms with van der Waals surface area (Å²) in [7, 11) is 0. The predicted molar refractivity (Wildman–Crippen MR) is 25.8 cm³/mol. The molecule has 0 fully saturated rings. The van der Waals surface area contributed by atoms with E-state index in [4.69, 9.17) is 0 Å². The Hall–Kier alpha value is -0.440. The molecule has 0 amide bonds. The molecular weight excluding hydrogens is 113 g/mol. The average molecular weight is 116 g/mol. The quantitative estimate of drug-likeness (QED) is 0.540. The van der Waals surface area contributed by atoms with Crippen LogP contribution in [-0.4, -0.2) is 4.37 Å². The van der Waals surface area contributed by atoms with E-state index in [1.165, 1.54) is 0 Å². The smallest absolute Gasteiger partial charge is 0.133 e. The Labute approximate surface area is 45.0 Å². The van der Waals surface area contributed by atoms with Crippen molar-refractivity contribution in [3.05, 3.63) is 17.1 Å². The Morgan fingerprint density at radius 1 is 2.00 bits per heavy atom. The van der Waals surface area contributed by atoms with Crippen LogP contribution in [0.15, 0.2) is 6.07 Å². The maximum Gasteiger partial charge on any atom is 0.133 e. The predicted octanol–water partition coefficient (Wildman–Crippen LogP) is 1.41. The topological polar surface area (TPSA) is 12.9 Å². The molecule has 37 valence electrons. The summed E-state index contributed by atoms with van der Waals surface area (Å²) in [5.41, 5.74) is 0.477. The fourth-order valence-electron chi connectivity index (χ4n) is 0.269. The van der Waals surface area contributed by atoms with Gasteiger partial charge in [0, 0.05) is 0 Å². The second-order valence-corrected chi connectivity index (χ2v) is 1.67. The van der Waals surface area contributed by atoms with Crippen LogP contribution in [-0.2, 0) is 6.67 Å². The fourth-order valence-corrected chi connectivity index (χ4v) is 0.729. The highest BCUT2D eigenvalue weighted by Crippen LogP contribution is 1.98. The van der Waals surface area contributed by atoms with E-state index in [0.717, 1.165) is 11.5 Å². The molecule has 0 aromatic carbocycles. The third kappa shape index (κ3) is 0.962. The van der Waals surface area contributed by atoms with E-state index in [1.807, 2.05) is 0 Å². The minimum absolute atomic E-state index is 0.472. The first kappa shape index (κ1) is 4.71. The summed E-state index contributed by atoms with van der Waals surface area (Å²) in [5, 5.41) is 2.67. The Kier molecular flexibility index (Phi) is 1.36. The first-order chi connectivity index (χ1) is 3.43. The third-order valence-electron chi connectivity index (χ3n) is 0.578. The first-order valence-electron chi connectivity index (χ1n) is 1.81. The Morgan fingerprint density at radius 3 is 3.14 bits per heavy atom. The van der Waals surface area contributed by atoms with Gasteiger partial charge in [0.1, 0.15) is 6.67 Å². The van der Waals surface area contributed by atoms with Gasteiger partial charge in [-0.2, -0.15) is 4.37 Å². The second kappa shape index (κ2) is 2.02. The van der Waals surface area contributed by atoms with E-state index in [-0.39, 0.29) is 0 Å². The molecule has 0 aliphatic carbocycles. The van der Waals surface area contributed by atoms with Crippen LogP contribution >= 0.6 is 11.5 Å². The largest absolute Gasteiger partial charge is 0.244 e. The van der Waals surface area contributed by atoms with E-state index >= 15 is 0 Å². The van der Waals surface area contributed by atoms with Gasteiger partial charge in [-0.15, -0.1) is 0 Å². The van der Waals surface area contributed by atoms with Crippen LogP contribution in [0.4, 0.5) is 4.39 Å². The number of hydrogen-bond acceptors (Lipinski definition) is 2. The van der Waals surface area contributed by atoms with Gasteiger partial charge in [0.25, 0.3) is 0 Å². The van der Waals surface area contributed by atoms with Crippen molar-refractivity contribution in [1.82, 2.24) is 4.37 Å². The van der Waals surface area contributed by atoms with E-state index in [9.17, 15) is 4.39 Å². The first-order valence-corrected chi connectivity index (χ1v) is 2.58. The van der Waals surface area contributed by atoms with Crippen molar-refractivity contribution < 1.29 is 4.39 Å². The molecule has 3 heteroatoms. The summed E-state index contributed by atoms with van der Waals surface area (Å²) >= 11 is 1.15. The highest BCUT2D eigenvalue weighted by atomic mass is 32.1. The van der Waals surface area contributed by atoms with Crippen LogP contribution in [0.1, 0.15) is 5.69 Å². The fraction of sp³-hybridized carbons (Fsp3) is 0.250. The maximum atomic E-state index is 11.5. The molecule has 1 radical (unpaired) electrons. The van der Waals surface area contributed by atoms with E-state index in [0.29, 0.717) is 5.69 Å². The van der Waals surface area contributed by atoms with Crippen molar-refractivity contribution in [3.8, 4) is 0 Å². The minimum atomic E-state index is -0.472. The summed E-state index contributed by atoms with van der Waals surface area (Å²) < 4.78 is 15.1. The molecule has 0 saturated carbocycles. The van der Waals surface area contributed by atoms with Crippen LogP contribution in [0.25, 0.3) is 0 Å². The molecule has 0 atom stereocenters. The molecule has 0 aliphatic heterocycles. The lowest BCUT2D eigenvalue weighted by Gasteiger charge is -1.73. The maximum absolute atomic E-state index is 11.5. The molecule has 1 heterocycles. The molecule has 7 heavy (non-hydrogen) atoms. The second-order valence-electron chi connectivity index (χ2n) is 1.07. The van der Waals surface area contributed by atoms with Gasteiger partial charge in [-0.1, -0.05) is 0 Å². The molecule has 0 saturated heterocycles. The number of nitrogens with zero attached hydrogens (tertiary/aromatic N) is 1. The number of aromatic nitrogens is 1. The molecule has 0 unspecified atom stereocenters. The average Bonchev–Trinajstić information content (AvgIpc) is 2.14. The molecule has 1 nitrogen and oxygen atoms in total. The van der Waals surface area contributed by atoms with Gasteiger partial charge in [0.15, 0.2) is 0 Å². The normalized spacial score (nSPS) is 9.29. The molecule has 0 N–H and O–H groups in total. The summed E-state index contributed by atoms with van der Waals surface area (Å²) in [5.74, 6) is 0. The van der Waals surface area contributed by atoms with Crippen molar-refractivity contribution in [2.75, 3.05) is 0 Å². The zero-order chi connectivity index (χ0) is 5.11. The Morgan fingerprint density at radius 2 is 2.86 bits per heavy atom. The SMILES string of the molecule is FCc1c[c]sn1. The van der Waals surface area contributed by atoms with Gasteiger partial charge in [-0.25, -0.2) is 4.39 Å². The van der Waals surface area contributed by atoms with Gasteiger partial charge in [-0.3, -0.25) is 0 Å². The number of hydrogen-bond donors (Lipinski definition) is 0. The van der Waals surface area contributed by atoms with E-state index < -0.39 is 6.67 Å². The van der Waals surface area contributed by atoms with Crippen LogP contribution in [0, 0.1) is 5.38 Å². The number of halogens is 1. The third-order valence-corrected chi connectivity index (χ3v) is 1.13. The molecule has 0 spiro atoms. The molecule has 1 aromatic rings. The van der Waals surface area contributed by atoms with Crippen molar-refractivity contribution in [3.63, 3.8) is 0 Å². The number of alkyl halides is 1. The monoisotopic (exact) mass is 116 g/mol. The van der Waals surface area contributed by atoms with Crippen molar-refractivity contribution in [2.45, 2.75) is 6.67 Å². The van der Waals surface area contributed by atoms with Crippen molar-refractivity contribution in [1.29, 1.82) is 0 Å². The van der Waals surface area contributed by atoms with Crippen molar-refractivity contribution >= 4 is 11.5 Å².